The minimum atomic E-state index is -0.330. The quantitative estimate of drug-likeness (QED) is 0.309. The molecule has 35 heavy (non-hydrogen) atoms. The number of thiazole rings is 1. The van der Waals surface area contributed by atoms with Gasteiger partial charge in [-0.1, -0.05) is 48.0 Å². The third kappa shape index (κ3) is 3.48. The monoisotopic (exact) mass is 480 g/mol. The number of benzene rings is 3. The average molecular weight is 481 g/mol. The van der Waals surface area contributed by atoms with Gasteiger partial charge in [0.2, 0.25) is 0 Å². The average Bonchev–Trinajstić information content (AvgIpc) is 3.50. The summed E-state index contributed by atoms with van der Waals surface area (Å²) < 4.78 is 13.7. The third-order valence-electron chi connectivity index (χ3n) is 5.94. The van der Waals surface area contributed by atoms with E-state index in [0.29, 0.717) is 27.2 Å². The molecule has 0 aliphatic rings. The third-order valence-corrected chi connectivity index (χ3v) is 6.76. The number of aromatic nitrogens is 1. The first-order chi connectivity index (χ1) is 17.0. The number of para-hydroxylation sites is 1. The molecular weight excluding hydrogens is 460 g/mol. The van der Waals surface area contributed by atoms with Gasteiger partial charge in [-0.05, 0) is 37.6 Å². The highest BCUT2D eigenvalue weighted by Crippen LogP contribution is 2.41. The number of furan rings is 1. The smallest absolute Gasteiger partial charge is 0.196 e. The molecule has 6 rings (SSSR count). The van der Waals surface area contributed by atoms with Crippen LogP contribution in [0, 0.1) is 13.8 Å². The van der Waals surface area contributed by atoms with Gasteiger partial charge < -0.3 is 13.9 Å². The molecule has 6 aromatic rings. The summed E-state index contributed by atoms with van der Waals surface area (Å²) in [6.45, 7) is 3.75. The number of fused-ring (bicyclic) bond motifs is 2. The Morgan fingerprint density at radius 2 is 1.74 bits per heavy atom. The molecule has 0 saturated heterocycles. The number of hydrogen-bond donors (Lipinski definition) is 1. The molecule has 6 nitrogen and oxygen atoms in total. The van der Waals surface area contributed by atoms with Crippen molar-refractivity contribution in [1.82, 2.24) is 4.57 Å². The van der Waals surface area contributed by atoms with Gasteiger partial charge in [0.15, 0.2) is 27.1 Å². The van der Waals surface area contributed by atoms with Crippen molar-refractivity contribution in [3.8, 4) is 22.7 Å². The number of aromatic hydroxyl groups is 1. The number of rotatable bonds is 3. The van der Waals surface area contributed by atoms with Crippen molar-refractivity contribution in [1.29, 1.82) is 0 Å². The lowest BCUT2D eigenvalue weighted by Gasteiger charge is -2.10. The van der Waals surface area contributed by atoms with Crippen LogP contribution in [-0.2, 0) is 0 Å². The summed E-state index contributed by atoms with van der Waals surface area (Å²) in [5.41, 5.74) is 4.74. The molecule has 0 bridgehead atoms. The Morgan fingerprint density at radius 1 is 0.971 bits per heavy atom. The van der Waals surface area contributed by atoms with Gasteiger partial charge in [-0.25, -0.2) is 4.99 Å². The van der Waals surface area contributed by atoms with E-state index in [4.69, 9.17) is 13.8 Å². The summed E-state index contributed by atoms with van der Waals surface area (Å²) >= 11 is 1.47. The molecule has 0 aliphatic heterocycles. The molecule has 0 aliphatic carbocycles. The molecule has 172 valence electrons. The number of phenolic OH excluding ortho intramolecular Hbond substituents is 1. The second-order valence-corrected chi connectivity index (χ2v) is 9.17. The van der Waals surface area contributed by atoms with E-state index in [1.54, 1.807) is 13.0 Å². The Morgan fingerprint density at radius 3 is 2.51 bits per heavy atom. The number of nitrogens with zero attached hydrogens (tertiary/aromatic N) is 2. The van der Waals surface area contributed by atoms with E-state index in [1.807, 2.05) is 30.3 Å². The Hall–Kier alpha value is -4.36. The van der Waals surface area contributed by atoms with E-state index in [-0.39, 0.29) is 22.1 Å². The van der Waals surface area contributed by atoms with E-state index in [0.717, 1.165) is 16.9 Å². The summed E-state index contributed by atoms with van der Waals surface area (Å²) in [4.78, 5) is 18.4. The maximum Gasteiger partial charge on any atom is 0.196 e. The molecule has 0 radical (unpaired) electrons. The summed E-state index contributed by atoms with van der Waals surface area (Å²) in [6, 6.07) is 21.3. The standard InChI is InChI=1S/C28H20N2O4S/c1-16-8-10-18(11-9-16)21-15-35-28(30(21)19-6-4-3-5-7-19)29-24-26-20(12-13-33-26)25(32)23-22(31)14-17(2)34-27(23)24/h3-15,32H,1-2H3. The Labute approximate surface area is 203 Å². The molecule has 0 spiro atoms. The van der Waals surface area contributed by atoms with E-state index in [2.05, 4.69) is 41.1 Å². The lowest BCUT2D eigenvalue weighted by molar-refractivity contribution is 0.484. The van der Waals surface area contributed by atoms with Crippen LogP contribution in [0.5, 0.6) is 5.75 Å². The second kappa shape index (κ2) is 8.14. The number of hydrogen-bond acceptors (Lipinski definition) is 6. The van der Waals surface area contributed by atoms with Crippen LogP contribution >= 0.6 is 11.3 Å². The lowest BCUT2D eigenvalue weighted by atomic mass is 10.1. The maximum absolute atomic E-state index is 12.8. The van der Waals surface area contributed by atoms with Crippen LogP contribution in [0.1, 0.15) is 11.3 Å². The zero-order valence-electron chi connectivity index (χ0n) is 19.0. The largest absolute Gasteiger partial charge is 0.506 e. The first-order valence-corrected chi connectivity index (χ1v) is 11.9. The first-order valence-electron chi connectivity index (χ1n) is 11.1. The molecule has 3 aromatic carbocycles. The molecule has 0 unspecified atom stereocenters. The molecule has 0 fully saturated rings. The number of aryl methyl sites for hydroxylation is 2. The van der Waals surface area contributed by atoms with Gasteiger partial charge >= 0.3 is 0 Å². The fraction of sp³-hybridized carbons (Fsp3) is 0.0714. The van der Waals surface area contributed by atoms with Crippen molar-refractivity contribution < 1.29 is 13.9 Å². The van der Waals surface area contributed by atoms with E-state index >= 15 is 0 Å². The normalized spacial score (nSPS) is 12.1. The minimum absolute atomic E-state index is 0.0878. The summed E-state index contributed by atoms with van der Waals surface area (Å²) in [5.74, 6) is 0.255. The second-order valence-electron chi connectivity index (χ2n) is 8.34. The summed E-state index contributed by atoms with van der Waals surface area (Å²) in [7, 11) is 0. The minimum Gasteiger partial charge on any atom is -0.506 e. The van der Waals surface area contributed by atoms with Crippen molar-refractivity contribution in [2.75, 3.05) is 0 Å². The highest BCUT2D eigenvalue weighted by Gasteiger charge is 2.21. The van der Waals surface area contributed by atoms with Crippen LogP contribution in [0.15, 0.2) is 97.0 Å². The Bertz CT molecular complexity index is 1840. The zero-order valence-corrected chi connectivity index (χ0v) is 19.8. The highest BCUT2D eigenvalue weighted by atomic mass is 32.1. The van der Waals surface area contributed by atoms with Crippen LogP contribution in [0.25, 0.3) is 38.9 Å². The predicted octanol–water partition coefficient (Wildman–Crippen LogP) is 6.61. The molecule has 3 heterocycles. The first kappa shape index (κ1) is 21.2. The topological polar surface area (TPSA) is 80.9 Å². The van der Waals surface area contributed by atoms with Gasteiger partial charge in [-0.3, -0.25) is 9.36 Å². The highest BCUT2D eigenvalue weighted by molar-refractivity contribution is 7.07. The van der Waals surface area contributed by atoms with E-state index in [9.17, 15) is 9.90 Å². The van der Waals surface area contributed by atoms with Crippen molar-refractivity contribution in [2.45, 2.75) is 13.8 Å². The van der Waals surface area contributed by atoms with Gasteiger partial charge in [-0.15, -0.1) is 11.3 Å². The molecular formula is C28H20N2O4S. The van der Waals surface area contributed by atoms with Crippen molar-refractivity contribution >= 4 is 39.0 Å². The SMILES string of the molecule is Cc1ccc(-c2csc(=Nc3c4occc4c(O)c4c(=O)cc(C)oc34)n2-c2ccccc2)cc1. The van der Waals surface area contributed by atoms with Crippen molar-refractivity contribution in [3.63, 3.8) is 0 Å². The zero-order chi connectivity index (χ0) is 24.1. The fourth-order valence-corrected chi connectivity index (χ4v) is 5.17. The van der Waals surface area contributed by atoms with Crippen LogP contribution in [0.3, 0.4) is 0 Å². The van der Waals surface area contributed by atoms with Gasteiger partial charge in [0.25, 0.3) is 0 Å². The lowest BCUT2D eigenvalue weighted by Crippen LogP contribution is -2.13. The molecule has 3 aromatic heterocycles. The predicted molar refractivity (Wildman–Crippen MR) is 138 cm³/mol. The molecule has 0 saturated carbocycles. The van der Waals surface area contributed by atoms with Crippen molar-refractivity contribution in [2.24, 2.45) is 4.99 Å². The summed E-state index contributed by atoms with van der Waals surface area (Å²) in [6.07, 6.45) is 1.47. The molecule has 1 N–H and O–H groups in total. The van der Waals surface area contributed by atoms with Crippen LogP contribution in [0.4, 0.5) is 5.69 Å². The van der Waals surface area contributed by atoms with Crippen LogP contribution in [-0.4, -0.2) is 9.67 Å². The Balaban J connectivity index is 1.73. The number of phenols is 1. The van der Waals surface area contributed by atoms with Gasteiger partial charge in [-0.2, -0.15) is 0 Å². The molecule has 7 heteroatoms. The van der Waals surface area contributed by atoms with Crippen molar-refractivity contribution in [3.05, 3.63) is 105 Å². The van der Waals surface area contributed by atoms with Crippen LogP contribution in [0.2, 0.25) is 0 Å². The fourth-order valence-electron chi connectivity index (χ4n) is 4.26. The van der Waals surface area contributed by atoms with E-state index < -0.39 is 0 Å². The molecule has 0 atom stereocenters. The maximum atomic E-state index is 12.8. The summed E-state index contributed by atoms with van der Waals surface area (Å²) in [5, 5.41) is 13.4. The Kier molecular flexibility index (Phi) is 4.93. The van der Waals surface area contributed by atoms with E-state index in [1.165, 1.54) is 29.2 Å². The van der Waals surface area contributed by atoms with Crippen LogP contribution < -0.4 is 10.2 Å². The molecule has 0 amide bonds. The van der Waals surface area contributed by atoms with Gasteiger partial charge in [0, 0.05) is 17.1 Å². The van der Waals surface area contributed by atoms with Gasteiger partial charge in [0.1, 0.15) is 16.9 Å². The van der Waals surface area contributed by atoms with Gasteiger partial charge in [0.05, 0.1) is 17.3 Å².